The van der Waals surface area contributed by atoms with E-state index in [-0.39, 0.29) is 24.0 Å². The van der Waals surface area contributed by atoms with Crippen LogP contribution in [0.25, 0.3) is 0 Å². The predicted octanol–water partition coefficient (Wildman–Crippen LogP) is 3.00. The average Bonchev–Trinajstić information content (AvgIpc) is 3.15. The number of halogens is 1. The minimum atomic E-state index is 0. The van der Waals surface area contributed by atoms with Crippen molar-refractivity contribution in [3.63, 3.8) is 0 Å². The molecule has 2 heterocycles. The highest BCUT2D eigenvalue weighted by atomic mass is 127. The largest absolute Gasteiger partial charge is 0.376 e. The van der Waals surface area contributed by atoms with E-state index in [1.54, 1.807) is 0 Å². The monoisotopic (exact) mass is 472 g/mol. The molecule has 6 heteroatoms. The van der Waals surface area contributed by atoms with Crippen LogP contribution in [0.5, 0.6) is 0 Å². The number of guanidine groups is 1. The van der Waals surface area contributed by atoms with Gasteiger partial charge in [0.15, 0.2) is 5.96 Å². The molecule has 3 atom stereocenters. The molecule has 1 aromatic carbocycles. The minimum Gasteiger partial charge on any atom is -0.376 e. The number of hydrogen-bond acceptors (Lipinski definition) is 3. The normalized spacial score (nSPS) is 27.0. The number of hydrogen-bond donors (Lipinski definition) is 2. The first-order valence-corrected chi connectivity index (χ1v) is 9.61. The topological polar surface area (TPSA) is 48.9 Å². The molecule has 0 radical (unpaired) electrons. The summed E-state index contributed by atoms with van der Waals surface area (Å²) in [5.41, 5.74) is 1.40. The van der Waals surface area contributed by atoms with Crippen LogP contribution in [0, 0.1) is 0 Å². The highest BCUT2D eigenvalue weighted by Crippen LogP contribution is 2.20. The summed E-state index contributed by atoms with van der Waals surface area (Å²) in [5, 5.41) is 7.03. The number of ether oxygens (including phenoxy) is 1. The van der Waals surface area contributed by atoms with Crippen LogP contribution in [-0.4, -0.2) is 55.8 Å². The van der Waals surface area contributed by atoms with Crippen LogP contribution in [0.3, 0.4) is 0 Å². The molecule has 0 spiro atoms. The summed E-state index contributed by atoms with van der Waals surface area (Å²) >= 11 is 0. The van der Waals surface area contributed by atoms with E-state index in [0.717, 1.165) is 51.5 Å². The number of benzene rings is 1. The Morgan fingerprint density at radius 3 is 2.73 bits per heavy atom. The maximum Gasteiger partial charge on any atom is 0.191 e. The van der Waals surface area contributed by atoms with Gasteiger partial charge in [-0.3, -0.25) is 9.89 Å². The van der Waals surface area contributed by atoms with E-state index < -0.39 is 0 Å². The third-order valence-corrected chi connectivity index (χ3v) is 5.33. The van der Waals surface area contributed by atoms with Gasteiger partial charge in [0.05, 0.1) is 6.10 Å². The average molecular weight is 472 g/mol. The third-order valence-electron chi connectivity index (χ3n) is 5.33. The maximum absolute atomic E-state index is 5.67. The quantitative estimate of drug-likeness (QED) is 0.393. The second-order valence-corrected chi connectivity index (χ2v) is 7.26. The van der Waals surface area contributed by atoms with E-state index in [1.807, 2.05) is 7.05 Å². The van der Waals surface area contributed by atoms with E-state index in [9.17, 15) is 0 Å². The Bertz CT molecular complexity index is 548. The lowest BCUT2D eigenvalue weighted by Crippen LogP contribution is -2.52. The number of aliphatic imine (C=N–C) groups is 1. The van der Waals surface area contributed by atoms with Gasteiger partial charge in [-0.1, -0.05) is 30.3 Å². The van der Waals surface area contributed by atoms with Crippen molar-refractivity contribution in [1.29, 1.82) is 0 Å². The standard InChI is InChI=1S/C20H32N4O.HI/c1-16-13-18(10-11-24(16)15-17-7-4-3-5-8-17)23-20(21-2)22-14-19-9-6-12-25-19;/h3-5,7-8,16,18-19H,6,9-15H2,1-2H3,(H2,21,22,23);1H. The fourth-order valence-corrected chi connectivity index (χ4v) is 3.81. The molecule has 2 aliphatic rings. The summed E-state index contributed by atoms with van der Waals surface area (Å²) in [5.74, 6) is 0.907. The van der Waals surface area contributed by atoms with Crippen molar-refractivity contribution in [2.75, 3.05) is 26.7 Å². The Balaban J connectivity index is 0.00000243. The molecule has 0 amide bonds. The lowest BCUT2D eigenvalue weighted by molar-refractivity contribution is 0.113. The van der Waals surface area contributed by atoms with Gasteiger partial charge in [0.25, 0.3) is 0 Å². The van der Waals surface area contributed by atoms with Gasteiger partial charge in [-0.2, -0.15) is 0 Å². The summed E-state index contributed by atoms with van der Waals surface area (Å²) in [7, 11) is 1.85. The zero-order chi connectivity index (χ0) is 17.5. The molecule has 0 aliphatic carbocycles. The van der Waals surface area contributed by atoms with Crippen molar-refractivity contribution in [3.05, 3.63) is 35.9 Å². The van der Waals surface area contributed by atoms with Crippen LogP contribution in [0.2, 0.25) is 0 Å². The first-order chi connectivity index (χ1) is 12.2. The van der Waals surface area contributed by atoms with Crippen molar-refractivity contribution in [1.82, 2.24) is 15.5 Å². The van der Waals surface area contributed by atoms with Crippen molar-refractivity contribution in [2.45, 2.75) is 57.3 Å². The van der Waals surface area contributed by atoms with E-state index in [4.69, 9.17) is 4.74 Å². The molecular weight excluding hydrogens is 439 g/mol. The molecule has 146 valence electrons. The highest BCUT2D eigenvalue weighted by Gasteiger charge is 2.26. The van der Waals surface area contributed by atoms with Crippen LogP contribution < -0.4 is 10.6 Å². The van der Waals surface area contributed by atoms with Gasteiger partial charge < -0.3 is 15.4 Å². The first-order valence-electron chi connectivity index (χ1n) is 9.61. The Kier molecular flexibility index (Phi) is 9.15. The molecule has 5 nitrogen and oxygen atoms in total. The molecule has 2 fully saturated rings. The molecule has 26 heavy (non-hydrogen) atoms. The smallest absolute Gasteiger partial charge is 0.191 e. The Morgan fingerprint density at radius 1 is 1.27 bits per heavy atom. The van der Waals surface area contributed by atoms with Crippen LogP contribution in [0.1, 0.15) is 38.2 Å². The Hall–Kier alpha value is -0.860. The third kappa shape index (κ3) is 6.39. The molecule has 3 unspecified atom stereocenters. The second-order valence-electron chi connectivity index (χ2n) is 7.26. The number of piperidine rings is 1. The van der Waals surface area contributed by atoms with Crippen LogP contribution in [0.15, 0.2) is 35.3 Å². The lowest BCUT2D eigenvalue weighted by Gasteiger charge is -2.38. The van der Waals surface area contributed by atoms with Crippen molar-refractivity contribution in [2.24, 2.45) is 4.99 Å². The van der Waals surface area contributed by atoms with Gasteiger partial charge in [0.2, 0.25) is 0 Å². The van der Waals surface area contributed by atoms with E-state index in [1.165, 1.54) is 12.0 Å². The molecular formula is C20H33IN4O. The van der Waals surface area contributed by atoms with Gasteiger partial charge in [0, 0.05) is 45.4 Å². The summed E-state index contributed by atoms with van der Waals surface area (Å²) in [4.78, 5) is 6.96. The van der Waals surface area contributed by atoms with Crippen molar-refractivity contribution in [3.8, 4) is 0 Å². The molecule has 0 aromatic heterocycles. The zero-order valence-electron chi connectivity index (χ0n) is 16.0. The lowest BCUT2D eigenvalue weighted by atomic mass is 9.97. The Labute approximate surface area is 175 Å². The SMILES string of the molecule is CN=C(NCC1CCCO1)NC1CCN(Cc2ccccc2)C(C)C1.I. The van der Waals surface area contributed by atoms with Crippen LogP contribution >= 0.6 is 24.0 Å². The van der Waals surface area contributed by atoms with Gasteiger partial charge >= 0.3 is 0 Å². The number of likely N-dealkylation sites (tertiary alicyclic amines) is 1. The highest BCUT2D eigenvalue weighted by molar-refractivity contribution is 14.0. The maximum atomic E-state index is 5.67. The van der Waals surface area contributed by atoms with E-state index >= 15 is 0 Å². The molecule has 2 saturated heterocycles. The zero-order valence-corrected chi connectivity index (χ0v) is 18.3. The summed E-state index contributed by atoms with van der Waals surface area (Å²) in [6, 6.07) is 11.8. The van der Waals surface area contributed by atoms with Crippen molar-refractivity contribution >= 4 is 29.9 Å². The molecule has 0 saturated carbocycles. The fourth-order valence-electron chi connectivity index (χ4n) is 3.81. The van der Waals surface area contributed by atoms with E-state index in [2.05, 4.69) is 57.8 Å². The van der Waals surface area contributed by atoms with Crippen LogP contribution in [-0.2, 0) is 11.3 Å². The van der Waals surface area contributed by atoms with Crippen molar-refractivity contribution < 1.29 is 4.74 Å². The summed E-state index contributed by atoms with van der Waals surface area (Å²) < 4.78 is 5.67. The number of nitrogens with one attached hydrogen (secondary N) is 2. The molecule has 2 N–H and O–H groups in total. The predicted molar refractivity (Wildman–Crippen MR) is 118 cm³/mol. The minimum absolute atomic E-state index is 0. The summed E-state index contributed by atoms with van der Waals surface area (Å²) in [6.45, 7) is 6.24. The van der Waals surface area contributed by atoms with Gasteiger partial charge in [0.1, 0.15) is 0 Å². The number of rotatable bonds is 5. The number of nitrogens with zero attached hydrogens (tertiary/aromatic N) is 2. The molecule has 2 aliphatic heterocycles. The first kappa shape index (κ1) is 21.4. The van der Waals surface area contributed by atoms with Crippen LogP contribution in [0.4, 0.5) is 0 Å². The van der Waals surface area contributed by atoms with Gasteiger partial charge in [-0.15, -0.1) is 24.0 Å². The van der Waals surface area contributed by atoms with E-state index in [0.29, 0.717) is 18.2 Å². The molecule has 1 aromatic rings. The van der Waals surface area contributed by atoms with Gasteiger partial charge in [-0.25, -0.2) is 0 Å². The molecule has 0 bridgehead atoms. The fraction of sp³-hybridized carbons (Fsp3) is 0.650. The summed E-state index contributed by atoms with van der Waals surface area (Å²) in [6.07, 6.45) is 4.96. The Morgan fingerprint density at radius 2 is 2.08 bits per heavy atom. The second kappa shape index (κ2) is 11.1. The molecule has 3 rings (SSSR count). The van der Waals surface area contributed by atoms with Gasteiger partial charge in [-0.05, 0) is 38.2 Å².